The van der Waals surface area contributed by atoms with E-state index in [-0.39, 0.29) is 5.82 Å². The van der Waals surface area contributed by atoms with Crippen LogP contribution in [0, 0.1) is 17.7 Å². The van der Waals surface area contributed by atoms with Crippen molar-refractivity contribution in [2.75, 3.05) is 7.05 Å². The average Bonchev–Trinajstić information content (AvgIpc) is 2.44. The van der Waals surface area contributed by atoms with E-state index < -0.39 is 0 Å². The van der Waals surface area contributed by atoms with Crippen molar-refractivity contribution in [2.45, 2.75) is 51.5 Å². The summed E-state index contributed by atoms with van der Waals surface area (Å²) in [7, 11) is 2.05. The van der Waals surface area contributed by atoms with Gasteiger partial charge >= 0.3 is 0 Å². The van der Waals surface area contributed by atoms with Gasteiger partial charge in [-0.05, 0) is 68.3 Å². The molecule has 3 heteroatoms. The third-order valence-corrected chi connectivity index (χ3v) is 5.42. The first-order valence-electron chi connectivity index (χ1n) is 7.75. The van der Waals surface area contributed by atoms with Gasteiger partial charge in [-0.25, -0.2) is 4.39 Å². The lowest BCUT2D eigenvalue weighted by Gasteiger charge is -2.36. The molecule has 2 rings (SSSR count). The van der Waals surface area contributed by atoms with Crippen LogP contribution in [0.2, 0.25) is 0 Å². The predicted molar refractivity (Wildman–Crippen MR) is 86.4 cm³/mol. The zero-order chi connectivity index (χ0) is 14.5. The molecule has 1 nitrogen and oxygen atoms in total. The fourth-order valence-electron chi connectivity index (χ4n) is 3.62. The Morgan fingerprint density at radius 2 is 2.15 bits per heavy atom. The Kier molecular flexibility index (Phi) is 6.03. The maximum atomic E-state index is 13.4. The van der Waals surface area contributed by atoms with E-state index >= 15 is 0 Å². The van der Waals surface area contributed by atoms with Gasteiger partial charge in [-0.3, -0.25) is 0 Å². The SMILES string of the molecule is CCCC1CCC(NC)C(Cc2cc(F)ccc2Br)C1. The van der Waals surface area contributed by atoms with E-state index in [9.17, 15) is 4.39 Å². The molecule has 0 radical (unpaired) electrons. The molecule has 0 heterocycles. The Balaban J connectivity index is 2.09. The van der Waals surface area contributed by atoms with E-state index in [1.165, 1.54) is 38.2 Å². The standard InChI is InChI=1S/C17H25BrFN/c1-3-4-12-5-8-17(20-2)14(9-12)10-13-11-15(19)6-7-16(13)18/h6-7,11-12,14,17,20H,3-5,8-10H2,1-2H3. The third-order valence-electron chi connectivity index (χ3n) is 4.65. The van der Waals surface area contributed by atoms with Gasteiger partial charge in [0.05, 0.1) is 0 Å². The molecular weight excluding hydrogens is 317 g/mol. The minimum Gasteiger partial charge on any atom is -0.317 e. The molecule has 0 bridgehead atoms. The predicted octanol–water partition coefficient (Wildman–Crippen LogP) is 4.94. The summed E-state index contributed by atoms with van der Waals surface area (Å²) in [6.45, 7) is 2.27. The maximum absolute atomic E-state index is 13.4. The van der Waals surface area contributed by atoms with E-state index in [4.69, 9.17) is 0 Å². The molecule has 3 unspecified atom stereocenters. The van der Waals surface area contributed by atoms with Gasteiger partial charge in [0.15, 0.2) is 0 Å². The summed E-state index contributed by atoms with van der Waals surface area (Å²) >= 11 is 3.56. The van der Waals surface area contributed by atoms with Crippen molar-refractivity contribution in [1.29, 1.82) is 0 Å². The van der Waals surface area contributed by atoms with Crippen molar-refractivity contribution in [3.05, 3.63) is 34.1 Å². The van der Waals surface area contributed by atoms with E-state index in [2.05, 4.69) is 35.2 Å². The lowest BCUT2D eigenvalue weighted by molar-refractivity contribution is 0.200. The van der Waals surface area contributed by atoms with Crippen molar-refractivity contribution < 1.29 is 4.39 Å². The Morgan fingerprint density at radius 3 is 2.85 bits per heavy atom. The summed E-state index contributed by atoms with van der Waals surface area (Å²) in [6, 6.07) is 5.59. The summed E-state index contributed by atoms with van der Waals surface area (Å²) in [5.74, 6) is 1.33. The maximum Gasteiger partial charge on any atom is 0.123 e. The highest BCUT2D eigenvalue weighted by Gasteiger charge is 2.29. The minimum atomic E-state index is -0.134. The van der Waals surface area contributed by atoms with Gasteiger partial charge < -0.3 is 5.32 Å². The molecule has 20 heavy (non-hydrogen) atoms. The first-order chi connectivity index (χ1) is 9.63. The molecule has 1 aromatic rings. The number of rotatable bonds is 5. The van der Waals surface area contributed by atoms with Gasteiger partial charge in [-0.15, -0.1) is 0 Å². The number of hydrogen-bond acceptors (Lipinski definition) is 1. The summed E-state index contributed by atoms with van der Waals surface area (Å²) in [4.78, 5) is 0. The Hall–Kier alpha value is -0.410. The smallest absolute Gasteiger partial charge is 0.123 e. The normalized spacial score (nSPS) is 26.7. The fourth-order valence-corrected chi connectivity index (χ4v) is 4.03. The third kappa shape index (κ3) is 4.05. The van der Waals surface area contributed by atoms with Crippen molar-refractivity contribution in [3.8, 4) is 0 Å². The lowest BCUT2D eigenvalue weighted by atomic mass is 9.74. The van der Waals surface area contributed by atoms with Gasteiger partial charge in [0.1, 0.15) is 5.82 Å². The topological polar surface area (TPSA) is 12.0 Å². The highest BCUT2D eigenvalue weighted by Crippen LogP contribution is 2.35. The van der Waals surface area contributed by atoms with Crippen LogP contribution in [0.15, 0.2) is 22.7 Å². The Bertz CT molecular complexity index is 435. The average molecular weight is 342 g/mol. The summed E-state index contributed by atoms with van der Waals surface area (Å²) in [5, 5.41) is 3.46. The molecule has 1 aliphatic carbocycles. The van der Waals surface area contributed by atoms with Crippen LogP contribution in [0.5, 0.6) is 0 Å². The molecule has 1 aliphatic rings. The molecule has 1 aromatic carbocycles. The molecule has 0 saturated heterocycles. The summed E-state index contributed by atoms with van der Waals surface area (Å²) < 4.78 is 14.5. The monoisotopic (exact) mass is 341 g/mol. The first-order valence-corrected chi connectivity index (χ1v) is 8.54. The first kappa shape index (κ1) is 16.0. The fraction of sp³-hybridized carbons (Fsp3) is 0.647. The van der Waals surface area contributed by atoms with Crippen molar-refractivity contribution >= 4 is 15.9 Å². The summed E-state index contributed by atoms with van der Waals surface area (Å²) in [5.41, 5.74) is 1.10. The van der Waals surface area contributed by atoms with Gasteiger partial charge in [0.25, 0.3) is 0 Å². The second kappa shape index (κ2) is 7.56. The van der Waals surface area contributed by atoms with Crippen LogP contribution in [0.1, 0.15) is 44.6 Å². The molecule has 1 saturated carbocycles. The zero-order valence-corrected chi connectivity index (χ0v) is 14.0. The zero-order valence-electron chi connectivity index (χ0n) is 12.5. The van der Waals surface area contributed by atoms with Crippen LogP contribution in [-0.2, 0) is 6.42 Å². The molecule has 1 N–H and O–H groups in total. The minimum absolute atomic E-state index is 0.134. The Labute approximate surface area is 130 Å². The number of halogens is 2. The van der Waals surface area contributed by atoms with Crippen LogP contribution < -0.4 is 5.32 Å². The van der Waals surface area contributed by atoms with Crippen LogP contribution in [-0.4, -0.2) is 13.1 Å². The second-order valence-electron chi connectivity index (χ2n) is 6.06. The molecule has 0 aromatic heterocycles. The quantitative estimate of drug-likeness (QED) is 0.800. The number of nitrogens with one attached hydrogen (secondary N) is 1. The van der Waals surface area contributed by atoms with E-state index in [0.717, 1.165) is 22.4 Å². The Morgan fingerprint density at radius 1 is 1.35 bits per heavy atom. The molecular formula is C17H25BrFN. The van der Waals surface area contributed by atoms with Gasteiger partial charge in [-0.2, -0.15) is 0 Å². The largest absolute Gasteiger partial charge is 0.317 e. The van der Waals surface area contributed by atoms with Crippen LogP contribution >= 0.6 is 15.9 Å². The second-order valence-corrected chi connectivity index (χ2v) is 6.92. The van der Waals surface area contributed by atoms with Gasteiger partial charge in [0, 0.05) is 10.5 Å². The van der Waals surface area contributed by atoms with Crippen molar-refractivity contribution in [3.63, 3.8) is 0 Å². The van der Waals surface area contributed by atoms with Crippen LogP contribution in [0.3, 0.4) is 0 Å². The summed E-state index contributed by atoms with van der Waals surface area (Å²) in [6.07, 6.45) is 7.41. The number of hydrogen-bond donors (Lipinski definition) is 1. The van der Waals surface area contributed by atoms with Crippen LogP contribution in [0.25, 0.3) is 0 Å². The van der Waals surface area contributed by atoms with Crippen LogP contribution in [0.4, 0.5) is 4.39 Å². The highest BCUT2D eigenvalue weighted by molar-refractivity contribution is 9.10. The van der Waals surface area contributed by atoms with E-state index in [1.54, 1.807) is 6.07 Å². The highest BCUT2D eigenvalue weighted by atomic mass is 79.9. The van der Waals surface area contributed by atoms with E-state index in [0.29, 0.717) is 12.0 Å². The lowest BCUT2D eigenvalue weighted by Crippen LogP contribution is -2.39. The van der Waals surface area contributed by atoms with Gasteiger partial charge in [-0.1, -0.05) is 35.7 Å². The van der Waals surface area contributed by atoms with E-state index in [1.807, 2.05) is 6.07 Å². The van der Waals surface area contributed by atoms with Crippen molar-refractivity contribution in [1.82, 2.24) is 5.32 Å². The molecule has 112 valence electrons. The van der Waals surface area contributed by atoms with Crippen molar-refractivity contribution in [2.24, 2.45) is 11.8 Å². The molecule has 0 amide bonds. The number of benzene rings is 1. The molecule has 0 spiro atoms. The molecule has 0 aliphatic heterocycles. The molecule has 3 atom stereocenters. The molecule has 1 fully saturated rings. The van der Waals surface area contributed by atoms with Gasteiger partial charge in [0.2, 0.25) is 0 Å².